The molecule has 3 rings (SSSR count). The number of carbonyl (C=O) groups excluding carboxylic acids is 1. The molecule has 0 aromatic heterocycles. The zero-order valence-corrected chi connectivity index (χ0v) is 20.9. The molecule has 1 unspecified atom stereocenters. The van der Waals surface area contributed by atoms with Crippen molar-refractivity contribution in [3.8, 4) is 11.5 Å². The number of amides is 1. The van der Waals surface area contributed by atoms with Crippen LogP contribution >= 0.6 is 0 Å². The molecule has 1 atom stereocenters. The molecule has 3 aromatic carbocycles. The summed E-state index contributed by atoms with van der Waals surface area (Å²) in [4.78, 5) is 13.0. The van der Waals surface area contributed by atoms with Gasteiger partial charge in [0.25, 0.3) is 0 Å². The van der Waals surface area contributed by atoms with E-state index in [0.29, 0.717) is 17.1 Å². The van der Waals surface area contributed by atoms with Crippen LogP contribution in [0.15, 0.2) is 71.6 Å². The van der Waals surface area contributed by atoms with Crippen LogP contribution in [-0.2, 0) is 21.4 Å². The van der Waals surface area contributed by atoms with E-state index >= 15 is 0 Å². The summed E-state index contributed by atoms with van der Waals surface area (Å²) in [5, 5.41) is 2.84. The summed E-state index contributed by atoms with van der Waals surface area (Å²) >= 11 is 0. The summed E-state index contributed by atoms with van der Waals surface area (Å²) in [6, 6.07) is 16.8. The number of hydrogen-bond donors (Lipinski definition) is 1. The minimum Gasteiger partial charge on any atom is -0.493 e. The number of rotatable bonds is 10. The standard InChI is InChI=1S/C26H29FN2O5S/c1-18-5-12-23(13-6-18)35(31,32)29(16-20-7-10-22(27)11-8-20)17-26(30)28-19(2)21-9-14-24(33-3)25(15-21)34-4/h5-15,19H,16-17H2,1-4H3,(H,28,30). The Morgan fingerprint density at radius 1 is 0.971 bits per heavy atom. The van der Waals surface area contributed by atoms with Gasteiger partial charge in [0.05, 0.1) is 31.7 Å². The lowest BCUT2D eigenvalue weighted by Crippen LogP contribution is -2.41. The van der Waals surface area contributed by atoms with Gasteiger partial charge in [-0.3, -0.25) is 4.79 Å². The second-order valence-electron chi connectivity index (χ2n) is 8.12. The van der Waals surface area contributed by atoms with Gasteiger partial charge in [-0.15, -0.1) is 0 Å². The average molecular weight is 501 g/mol. The molecule has 0 aliphatic heterocycles. The molecule has 0 bridgehead atoms. The quantitative estimate of drug-likeness (QED) is 0.451. The van der Waals surface area contributed by atoms with Crippen LogP contribution in [0.25, 0.3) is 0 Å². The van der Waals surface area contributed by atoms with Gasteiger partial charge in [-0.1, -0.05) is 35.9 Å². The molecule has 3 aromatic rings. The molecule has 0 radical (unpaired) electrons. The van der Waals surface area contributed by atoms with Crippen LogP contribution in [-0.4, -0.2) is 39.4 Å². The smallest absolute Gasteiger partial charge is 0.243 e. The van der Waals surface area contributed by atoms with Crippen LogP contribution in [0.3, 0.4) is 0 Å². The summed E-state index contributed by atoms with van der Waals surface area (Å²) in [6.07, 6.45) is 0. The van der Waals surface area contributed by atoms with Crippen molar-refractivity contribution >= 4 is 15.9 Å². The summed E-state index contributed by atoms with van der Waals surface area (Å²) in [5.41, 5.74) is 2.24. The number of ether oxygens (including phenoxy) is 2. The number of sulfonamides is 1. The molecular formula is C26H29FN2O5S. The van der Waals surface area contributed by atoms with E-state index in [1.165, 1.54) is 50.6 Å². The molecule has 7 nitrogen and oxygen atoms in total. The van der Waals surface area contributed by atoms with E-state index in [-0.39, 0.29) is 11.4 Å². The van der Waals surface area contributed by atoms with Crippen molar-refractivity contribution in [2.45, 2.75) is 31.3 Å². The Kier molecular flexibility index (Phi) is 8.48. The topological polar surface area (TPSA) is 84.9 Å². The number of methoxy groups -OCH3 is 2. The van der Waals surface area contributed by atoms with Crippen LogP contribution in [0.5, 0.6) is 11.5 Å². The highest BCUT2D eigenvalue weighted by Crippen LogP contribution is 2.30. The first kappa shape index (κ1) is 26.2. The summed E-state index contributed by atoms with van der Waals surface area (Å²) < 4.78 is 51.8. The summed E-state index contributed by atoms with van der Waals surface area (Å²) in [7, 11) is -0.942. The lowest BCUT2D eigenvalue weighted by molar-refractivity contribution is -0.122. The Morgan fingerprint density at radius 3 is 2.20 bits per heavy atom. The summed E-state index contributed by atoms with van der Waals surface area (Å²) in [5.74, 6) is 0.170. The lowest BCUT2D eigenvalue weighted by atomic mass is 10.1. The third kappa shape index (κ3) is 6.58. The fourth-order valence-corrected chi connectivity index (χ4v) is 4.92. The van der Waals surface area contributed by atoms with Crippen molar-refractivity contribution in [2.24, 2.45) is 0 Å². The molecule has 0 aliphatic rings. The van der Waals surface area contributed by atoms with Crippen LogP contribution < -0.4 is 14.8 Å². The average Bonchev–Trinajstić information content (AvgIpc) is 2.84. The molecule has 0 spiro atoms. The molecule has 186 valence electrons. The molecular weight excluding hydrogens is 471 g/mol. The number of nitrogens with one attached hydrogen (secondary N) is 1. The minimum atomic E-state index is -4.00. The molecule has 35 heavy (non-hydrogen) atoms. The van der Waals surface area contributed by atoms with E-state index in [9.17, 15) is 17.6 Å². The maximum atomic E-state index is 13.4. The minimum absolute atomic E-state index is 0.0750. The summed E-state index contributed by atoms with van der Waals surface area (Å²) in [6.45, 7) is 3.15. The normalized spacial score (nSPS) is 12.3. The van der Waals surface area contributed by atoms with Crippen LogP contribution in [0.4, 0.5) is 4.39 Å². The molecule has 9 heteroatoms. The predicted octanol–water partition coefficient (Wildman–Crippen LogP) is 4.22. The number of nitrogens with zero attached hydrogens (tertiary/aromatic N) is 1. The van der Waals surface area contributed by atoms with E-state index in [0.717, 1.165) is 15.4 Å². The van der Waals surface area contributed by atoms with Gasteiger partial charge in [0.2, 0.25) is 15.9 Å². The number of hydrogen-bond acceptors (Lipinski definition) is 5. The Labute approximate surface area is 205 Å². The monoisotopic (exact) mass is 500 g/mol. The number of aryl methyl sites for hydroxylation is 1. The van der Waals surface area contributed by atoms with E-state index < -0.39 is 34.3 Å². The molecule has 0 saturated heterocycles. The predicted molar refractivity (Wildman–Crippen MR) is 131 cm³/mol. The maximum Gasteiger partial charge on any atom is 0.243 e. The Balaban J connectivity index is 1.83. The fourth-order valence-electron chi connectivity index (χ4n) is 3.53. The number of carbonyl (C=O) groups is 1. The second kappa shape index (κ2) is 11.3. The van der Waals surface area contributed by atoms with Gasteiger partial charge in [0.1, 0.15) is 5.82 Å². The third-order valence-corrected chi connectivity index (χ3v) is 7.34. The SMILES string of the molecule is COc1ccc(C(C)NC(=O)CN(Cc2ccc(F)cc2)S(=O)(=O)c2ccc(C)cc2)cc1OC. The van der Waals surface area contributed by atoms with Crippen LogP contribution in [0, 0.1) is 12.7 Å². The fraction of sp³-hybridized carbons (Fsp3) is 0.269. The van der Waals surface area contributed by atoms with Crippen LogP contribution in [0.2, 0.25) is 0 Å². The van der Waals surface area contributed by atoms with Gasteiger partial charge in [0.15, 0.2) is 11.5 Å². The Hall–Kier alpha value is -3.43. The molecule has 0 fully saturated rings. The Morgan fingerprint density at radius 2 is 1.60 bits per heavy atom. The van der Waals surface area contributed by atoms with Crippen molar-refractivity contribution in [3.05, 3.63) is 89.2 Å². The first-order chi connectivity index (χ1) is 16.6. The highest BCUT2D eigenvalue weighted by atomic mass is 32.2. The number of halogens is 1. The van der Waals surface area contributed by atoms with Gasteiger partial charge in [0, 0.05) is 6.54 Å². The highest BCUT2D eigenvalue weighted by Gasteiger charge is 2.27. The third-order valence-electron chi connectivity index (χ3n) is 5.54. The van der Waals surface area contributed by atoms with Gasteiger partial charge < -0.3 is 14.8 Å². The largest absolute Gasteiger partial charge is 0.493 e. The van der Waals surface area contributed by atoms with Gasteiger partial charge in [-0.2, -0.15) is 4.31 Å². The second-order valence-corrected chi connectivity index (χ2v) is 10.1. The van der Waals surface area contributed by atoms with Crippen molar-refractivity contribution in [2.75, 3.05) is 20.8 Å². The van der Waals surface area contributed by atoms with Gasteiger partial charge >= 0.3 is 0 Å². The lowest BCUT2D eigenvalue weighted by Gasteiger charge is -2.23. The van der Waals surface area contributed by atoms with E-state index in [1.807, 2.05) is 6.92 Å². The van der Waals surface area contributed by atoms with E-state index in [1.54, 1.807) is 37.3 Å². The van der Waals surface area contributed by atoms with Crippen molar-refractivity contribution < 1.29 is 27.1 Å². The first-order valence-corrected chi connectivity index (χ1v) is 12.4. The van der Waals surface area contributed by atoms with Crippen LogP contribution in [0.1, 0.15) is 29.7 Å². The van der Waals surface area contributed by atoms with Gasteiger partial charge in [-0.05, 0) is 61.4 Å². The maximum absolute atomic E-state index is 13.4. The van der Waals surface area contributed by atoms with E-state index in [4.69, 9.17) is 9.47 Å². The van der Waals surface area contributed by atoms with Crippen molar-refractivity contribution in [1.29, 1.82) is 0 Å². The molecule has 1 N–H and O–H groups in total. The zero-order chi connectivity index (χ0) is 25.6. The number of benzene rings is 3. The molecule has 0 aliphatic carbocycles. The molecule has 1 amide bonds. The Bertz CT molecular complexity index is 1260. The van der Waals surface area contributed by atoms with E-state index in [2.05, 4.69) is 5.32 Å². The zero-order valence-electron chi connectivity index (χ0n) is 20.1. The molecule has 0 saturated carbocycles. The van der Waals surface area contributed by atoms with Crippen molar-refractivity contribution in [1.82, 2.24) is 9.62 Å². The highest BCUT2D eigenvalue weighted by molar-refractivity contribution is 7.89. The van der Waals surface area contributed by atoms with Gasteiger partial charge in [-0.25, -0.2) is 12.8 Å². The molecule has 0 heterocycles. The van der Waals surface area contributed by atoms with Crippen molar-refractivity contribution in [3.63, 3.8) is 0 Å². The first-order valence-electron chi connectivity index (χ1n) is 11.0.